The molecule has 166 valence electrons. The van der Waals surface area contributed by atoms with Crippen molar-refractivity contribution in [2.75, 3.05) is 19.8 Å². The molecule has 0 saturated heterocycles. The quantitative estimate of drug-likeness (QED) is 0.437. The number of benzene rings is 1. The van der Waals surface area contributed by atoms with E-state index >= 15 is 0 Å². The summed E-state index contributed by atoms with van der Waals surface area (Å²) in [6.45, 7) is 5.02. The van der Waals surface area contributed by atoms with Gasteiger partial charge in [0, 0.05) is 42.5 Å². The smallest absolute Gasteiger partial charge is 0.335 e. The minimum absolute atomic E-state index is 0.137. The minimum Gasteiger partial charge on any atom is -0.494 e. The van der Waals surface area contributed by atoms with Crippen LogP contribution in [-0.2, 0) is 20.7 Å². The molecule has 32 heavy (non-hydrogen) atoms. The molecule has 0 spiro atoms. The molecule has 1 aromatic carbocycles. The van der Waals surface area contributed by atoms with Crippen molar-refractivity contribution < 1.29 is 19.0 Å². The van der Waals surface area contributed by atoms with E-state index in [-0.39, 0.29) is 11.9 Å². The van der Waals surface area contributed by atoms with Gasteiger partial charge in [-0.05, 0) is 50.1 Å². The van der Waals surface area contributed by atoms with Crippen LogP contribution >= 0.6 is 0 Å². The molecule has 0 aliphatic heterocycles. The summed E-state index contributed by atoms with van der Waals surface area (Å²) in [5, 5.41) is 0. The second-order valence-electron chi connectivity index (χ2n) is 7.61. The van der Waals surface area contributed by atoms with E-state index in [1.165, 1.54) is 0 Å². The zero-order valence-electron chi connectivity index (χ0n) is 18.5. The molecule has 1 unspecified atom stereocenters. The van der Waals surface area contributed by atoms with Gasteiger partial charge >= 0.3 is 5.97 Å². The third-order valence-corrected chi connectivity index (χ3v) is 5.56. The highest BCUT2D eigenvalue weighted by molar-refractivity contribution is 5.76. The van der Waals surface area contributed by atoms with Crippen LogP contribution in [0.4, 0.5) is 0 Å². The van der Waals surface area contributed by atoms with E-state index in [2.05, 4.69) is 22.1 Å². The minimum atomic E-state index is -0.589. The molecular weight excluding hydrogens is 404 g/mol. The van der Waals surface area contributed by atoms with E-state index in [1.807, 2.05) is 55.7 Å². The maximum Gasteiger partial charge on any atom is 0.335 e. The highest BCUT2D eigenvalue weighted by Crippen LogP contribution is 2.43. The summed E-state index contributed by atoms with van der Waals surface area (Å²) in [5.74, 6) is 0.602. The molecule has 6 nitrogen and oxygen atoms in total. The lowest BCUT2D eigenvalue weighted by Gasteiger charge is -2.16. The highest BCUT2D eigenvalue weighted by atomic mass is 16.6. The van der Waals surface area contributed by atoms with Crippen LogP contribution in [0.25, 0.3) is 11.1 Å². The molecule has 0 N–H and O–H groups in total. The maximum absolute atomic E-state index is 12.1. The number of fused-ring (bicyclic) bond motifs is 3. The number of nitrogens with zero attached hydrogens (tertiary/aromatic N) is 2. The van der Waals surface area contributed by atoms with Gasteiger partial charge in [-0.3, -0.25) is 9.97 Å². The van der Waals surface area contributed by atoms with Crippen LogP contribution in [0, 0.1) is 0 Å². The summed E-state index contributed by atoms with van der Waals surface area (Å²) in [6, 6.07) is 15.9. The van der Waals surface area contributed by atoms with Gasteiger partial charge in [0.1, 0.15) is 5.75 Å². The van der Waals surface area contributed by atoms with E-state index in [1.54, 1.807) is 6.92 Å². The Morgan fingerprint density at radius 1 is 0.938 bits per heavy atom. The fourth-order valence-electron chi connectivity index (χ4n) is 4.13. The summed E-state index contributed by atoms with van der Waals surface area (Å²) in [6.07, 6.45) is 4.35. The molecule has 0 amide bonds. The first-order valence-electron chi connectivity index (χ1n) is 11.1. The predicted octanol–water partition coefficient (Wildman–Crippen LogP) is 4.57. The number of hydrogen-bond donors (Lipinski definition) is 0. The van der Waals surface area contributed by atoms with Crippen LogP contribution in [0.1, 0.15) is 43.1 Å². The van der Waals surface area contributed by atoms with Crippen molar-refractivity contribution in [1.82, 2.24) is 9.97 Å². The van der Waals surface area contributed by atoms with Crippen LogP contribution in [0.3, 0.4) is 0 Å². The van der Waals surface area contributed by atoms with Crippen molar-refractivity contribution in [3.8, 4) is 16.9 Å². The topological polar surface area (TPSA) is 70.5 Å². The number of esters is 1. The standard InChI is InChI=1S/C26H28N2O4/c1-3-30-23(26(29)31-4-2)17-18-9-11-19(12-10-18)32-16-13-22-24-20(7-5-14-27-24)21-8-6-15-28-25(21)22/h5-12,14-15,22-23H,3-4,13,16-17H2,1-2H3. The van der Waals surface area contributed by atoms with Crippen LogP contribution in [0.15, 0.2) is 60.9 Å². The van der Waals surface area contributed by atoms with Gasteiger partial charge in [-0.15, -0.1) is 0 Å². The summed E-state index contributed by atoms with van der Waals surface area (Å²) < 4.78 is 16.7. The maximum atomic E-state index is 12.1. The molecule has 2 heterocycles. The highest BCUT2D eigenvalue weighted by Gasteiger charge is 2.30. The van der Waals surface area contributed by atoms with Gasteiger partial charge in [-0.2, -0.15) is 0 Å². The average Bonchev–Trinajstić information content (AvgIpc) is 3.14. The zero-order valence-corrected chi connectivity index (χ0v) is 18.5. The molecule has 1 aliphatic carbocycles. The molecule has 0 bridgehead atoms. The van der Waals surface area contributed by atoms with Crippen molar-refractivity contribution in [2.24, 2.45) is 0 Å². The Balaban J connectivity index is 1.36. The molecule has 4 rings (SSSR count). The third-order valence-electron chi connectivity index (χ3n) is 5.56. The Bertz CT molecular complexity index is 1010. The Labute approximate surface area is 188 Å². The molecule has 0 fully saturated rings. The summed E-state index contributed by atoms with van der Waals surface area (Å²) in [4.78, 5) is 21.3. The van der Waals surface area contributed by atoms with E-state index in [9.17, 15) is 4.79 Å². The molecule has 0 radical (unpaired) electrons. The summed E-state index contributed by atoms with van der Waals surface area (Å²) in [7, 11) is 0. The lowest BCUT2D eigenvalue weighted by molar-refractivity contribution is -0.156. The molecule has 1 atom stereocenters. The number of pyridine rings is 2. The van der Waals surface area contributed by atoms with Gasteiger partial charge in [0.05, 0.1) is 24.6 Å². The second-order valence-corrected chi connectivity index (χ2v) is 7.61. The van der Waals surface area contributed by atoms with Crippen LogP contribution < -0.4 is 4.74 Å². The van der Waals surface area contributed by atoms with Crippen molar-refractivity contribution >= 4 is 5.97 Å². The van der Waals surface area contributed by atoms with Gasteiger partial charge in [0.25, 0.3) is 0 Å². The number of hydrogen-bond acceptors (Lipinski definition) is 6. The Morgan fingerprint density at radius 2 is 1.59 bits per heavy atom. The number of aromatic nitrogens is 2. The molecule has 0 saturated carbocycles. The largest absolute Gasteiger partial charge is 0.494 e. The molecule has 2 aromatic heterocycles. The van der Waals surface area contributed by atoms with Gasteiger partial charge in [0.15, 0.2) is 6.10 Å². The van der Waals surface area contributed by atoms with E-state index in [0.29, 0.717) is 26.2 Å². The zero-order chi connectivity index (χ0) is 22.3. The van der Waals surface area contributed by atoms with Gasteiger partial charge in [-0.25, -0.2) is 4.79 Å². The van der Waals surface area contributed by atoms with Crippen molar-refractivity contribution in [1.29, 1.82) is 0 Å². The first-order chi connectivity index (χ1) is 15.7. The number of carbonyl (C=O) groups excluding carboxylic acids is 1. The van der Waals surface area contributed by atoms with Gasteiger partial charge < -0.3 is 14.2 Å². The van der Waals surface area contributed by atoms with E-state index < -0.39 is 6.10 Å². The molecular formula is C26H28N2O4. The Morgan fingerprint density at radius 3 is 2.19 bits per heavy atom. The Kier molecular flexibility index (Phi) is 7.12. The SMILES string of the molecule is CCOC(=O)C(Cc1ccc(OCCC2c3ncccc3-c3cccnc32)cc1)OCC. The second kappa shape index (κ2) is 10.4. The average molecular weight is 433 g/mol. The summed E-state index contributed by atoms with van der Waals surface area (Å²) in [5.41, 5.74) is 5.46. The van der Waals surface area contributed by atoms with Crippen molar-refractivity contribution in [2.45, 2.75) is 38.7 Å². The van der Waals surface area contributed by atoms with Crippen molar-refractivity contribution in [3.63, 3.8) is 0 Å². The molecule has 1 aliphatic rings. The van der Waals surface area contributed by atoms with Crippen molar-refractivity contribution in [3.05, 3.63) is 77.9 Å². The molecule has 3 aromatic rings. The lowest BCUT2D eigenvalue weighted by Crippen LogP contribution is -2.28. The Hall–Kier alpha value is -3.25. The fourth-order valence-corrected chi connectivity index (χ4v) is 4.13. The predicted molar refractivity (Wildman–Crippen MR) is 122 cm³/mol. The van der Waals surface area contributed by atoms with Crippen LogP contribution in [0.5, 0.6) is 5.75 Å². The number of carbonyl (C=O) groups is 1. The fraction of sp³-hybridized carbons (Fsp3) is 0.346. The first-order valence-corrected chi connectivity index (χ1v) is 11.1. The van der Waals surface area contributed by atoms with Gasteiger partial charge in [0.2, 0.25) is 0 Å². The number of ether oxygens (including phenoxy) is 3. The third kappa shape index (κ3) is 4.81. The first kappa shape index (κ1) is 22.0. The van der Waals surface area contributed by atoms with E-state index in [0.717, 1.165) is 40.2 Å². The van der Waals surface area contributed by atoms with Crippen LogP contribution in [0.2, 0.25) is 0 Å². The monoisotopic (exact) mass is 432 g/mol. The number of rotatable bonds is 10. The normalized spacial score (nSPS) is 13.3. The summed E-state index contributed by atoms with van der Waals surface area (Å²) >= 11 is 0. The molecule has 6 heteroatoms. The lowest BCUT2D eigenvalue weighted by atomic mass is 10.0. The van der Waals surface area contributed by atoms with Crippen LogP contribution in [-0.4, -0.2) is 41.9 Å². The van der Waals surface area contributed by atoms with Gasteiger partial charge in [-0.1, -0.05) is 24.3 Å². The van der Waals surface area contributed by atoms with E-state index in [4.69, 9.17) is 14.2 Å².